The second-order valence-corrected chi connectivity index (χ2v) is 5.57. The van der Waals surface area contributed by atoms with E-state index in [2.05, 4.69) is 25.7 Å². The third-order valence-electron chi connectivity index (χ3n) is 4.39. The third-order valence-corrected chi connectivity index (χ3v) is 4.39. The van der Waals surface area contributed by atoms with E-state index < -0.39 is 0 Å². The topological polar surface area (TPSA) is 29.3 Å². The molecule has 1 heterocycles. The van der Waals surface area contributed by atoms with E-state index in [1.807, 2.05) is 0 Å². The zero-order valence-corrected chi connectivity index (χ0v) is 9.14. The van der Waals surface area contributed by atoms with Crippen molar-refractivity contribution in [3.05, 3.63) is 0 Å². The highest BCUT2D eigenvalue weighted by atomic mass is 15.3. The molecule has 2 fully saturated rings. The van der Waals surface area contributed by atoms with Crippen molar-refractivity contribution in [3.63, 3.8) is 0 Å². The van der Waals surface area contributed by atoms with Crippen LogP contribution < -0.4 is 5.73 Å². The van der Waals surface area contributed by atoms with Gasteiger partial charge in [0.25, 0.3) is 0 Å². The summed E-state index contributed by atoms with van der Waals surface area (Å²) >= 11 is 0. The molecule has 0 radical (unpaired) electrons. The van der Waals surface area contributed by atoms with Gasteiger partial charge in [0, 0.05) is 25.2 Å². The van der Waals surface area contributed by atoms with Crippen LogP contribution in [0.2, 0.25) is 0 Å². The molecule has 2 nitrogen and oxygen atoms in total. The van der Waals surface area contributed by atoms with Crippen LogP contribution in [-0.4, -0.2) is 30.1 Å². The second-order valence-electron chi connectivity index (χ2n) is 5.57. The summed E-state index contributed by atoms with van der Waals surface area (Å²) < 4.78 is 0. The van der Waals surface area contributed by atoms with Gasteiger partial charge >= 0.3 is 0 Å². The minimum absolute atomic E-state index is 0.244. The number of likely N-dealkylation sites (tertiary alicyclic amines) is 1. The lowest BCUT2D eigenvalue weighted by Gasteiger charge is -2.53. The van der Waals surface area contributed by atoms with Gasteiger partial charge in [-0.15, -0.1) is 0 Å². The Hall–Kier alpha value is -0.0800. The molecule has 1 atom stereocenters. The van der Waals surface area contributed by atoms with Gasteiger partial charge in [0.15, 0.2) is 0 Å². The summed E-state index contributed by atoms with van der Waals surface area (Å²) in [5.74, 6) is 0.661. The Kier molecular flexibility index (Phi) is 1.97. The molecule has 76 valence electrons. The van der Waals surface area contributed by atoms with Crippen LogP contribution in [0.1, 0.15) is 33.6 Å². The molecule has 0 aromatic carbocycles. The second kappa shape index (κ2) is 2.71. The van der Waals surface area contributed by atoms with Crippen molar-refractivity contribution in [2.45, 2.75) is 39.2 Å². The highest BCUT2D eigenvalue weighted by Crippen LogP contribution is 2.55. The summed E-state index contributed by atoms with van der Waals surface area (Å²) in [5.41, 5.74) is 6.88. The van der Waals surface area contributed by atoms with E-state index in [1.165, 1.54) is 25.9 Å². The van der Waals surface area contributed by atoms with Crippen molar-refractivity contribution >= 4 is 0 Å². The van der Waals surface area contributed by atoms with Crippen molar-refractivity contribution in [1.82, 2.24) is 4.90 Å². The first-order valence-electron chi connectivity index (χ1n) is 5.48. The van der Waals surface area contributed by atoms with Crippen LogP contribution in [0.5, 0.6) is 0 Å². The molecule has 2 aliphatic rings. The fourth-order valence-corrected chi connectivity index (χ4v) is 2.35. The fourth-order valence-electron chi connectivity index (χ4n) is 2.35. The van der Waals surface area contributed by atoms with Gasteiger partial charge in [0.1, 0.15) is 0 Å². The molecule has 0 aromatic rings. The normalized spacial score (nSPS) is 30.2. The first kappa shape index (κ1) is 9.47. The summed E-state index contributed by atoms with van der Waals surface area (Å²) in [6, 6.07) is 0. The van der Waals surface area contributed by atoms with Crippen LogP contribution in [0.4, 0.5) is 0 Å². The van der Waals surface area contributed by atoms with Crippen molar-refractivity contribution < 1.29 is 0 Å². The molecule has 1 saturated heterocycles. The van der Waals surface area contributed by atoms with Gasteiger partial charge in [-0.3, -0.25) is 4.90 Å². The van der Waals surface area contributed by atoms with Crippen molar-refractivity contribution in [3.8, 4) is 0 Å². The third kappa shape index (κ3) is 1.31. The highest BCUT2D eigenvalue weighted by Gasteiger charge is 2.56. The largest absolute Gasteiger partial charge is 0.329 e. The van der Waals surface area contributed by atoms with Gasteiger partial charge in [0.2, 0.25) is 0 Å². The Morgan fingerprint density at radius 3 is 2.23 bits per heavy atom. The predicted octanol–water partition coefficient (Wildman–Crippen LogP) is 1.46. The molecule has 1 unspecified atom stereocenters. The maximum absolute atomic E-state index is 5.89. The summed E-state index contributed by atoms with van der Waals surface area (Å²) in [6.45, 7) is 10.3. The highest BCUT2D eigenvalue weighted by molar-refractivity contribution is 5.10. The van der Waals surface area contributed by atoms with Crippen LogP contribution in [0.3, 0.4) is 0 Å². The van der Waals surface area contributed by atoms with E-state index in [-0.39, 0.29) is 5.54 Å². The fraction of sp³-hybridized carbons (Fsp3) is 1.00. The Bertz CT molecular complexity index is 200. The first-order valence-corrected chi connectivity index (χ1v) is 5.48. The molecule has 1 spiro atoms. The minimum atomic E-state index is 0.244. The minimum Gasteiger partial charge on any atom is -0.329 e. The van der Waals surface area contributed by atoms with Crippen LogP contribution in [0.25, 0.3) is 0 Å². The molecule has 2 N–H and O–H groups in total. The molecule has 13 heavy (non-hydrogen) atoms. The molecule has 0 aromatic heterocycles. The van der Waals surface area contributed by atoms with Crippen molar-refractivity contribution in [2.75, 3.05) is 19.6 Å². The Morgan fingerprint density at radius 2 is 1.92 bits per heavy atom. The quantitative estimate of drug-likeness (QED) is 0.716. The maximum atomic E-state index is 5.89. The summed E-state index contributed by atoms with van der Waals surface area (Å²) in [4.78, 5) is 2.59. The summed E-state index contributed by atoms with van der Waals surface area (Å²) in [7, 11) is 0. The zero-order chi connectivity index (χ0) is 9.69. The molecule has 0 amide bonds. The monoisotopic (exact) mass is 182 g/mol. The average Bonchev–Trinajstić information content (AvgIpc) is 2.79. The molecular weight excluding hydrogens is 160 g/mol. The molecule has 1 aliphatic carbocycles. The number of nitrogens with two attached hydrogens (primary N) is 1. The maximum Gasteiger partial charge on any atom is 0.0326 e. The predicted molar refractivity (Wildman–Crippen MR) is 55.5 cm³/mol. The lowest BCUT2D eigenvalue weighted by molar-refractivity contribution is -0.0392. The van der Waals surface area contributed by atoms with Gasteiger partial charge in [-0.1, -0.05) is 13.8 Å². The molecule has 1 saturated carbocycles. The van der Waals surface area contributed by atoms with Gasteiger partial charge in [0.05, 0.1) is 0 Å². The van der Waals surface area contributed by atoms with E-state index in [0.717, 1.165) is 12.0 Å². The van der Waals surface area contributed by atoms with Crippen LogP contribution in [0.15, 0.2) is 0 Å². The number of hydrogen-bond donors (Lipinski definition) is 1. The standard InChI is InChI=1S/C11H22N2/c1-9(2)10(3,6-12)13-7-11(8-13)4-5-11/h9H,4-8,12H2,1-3H3. The van der Waals surface area contributed by atoms with Gasteiger partial charge in [-0.2, -0.15) is 0 Å². The van der Waals surface area contributed by atoms with E-state index in [0.29, 0.717) is 5.92 Å². The Morgan fingerprint density at radius 1 is 1.38 bits per heavy atom. The van der Waals surface area contributed by atoms with Crippen LogP contribution in [-0.2, 0) is 0 Å². The number of rotatable bonds is 3. The van der Waals surface area contributed by atoms with E-state index in [9.17, 15) is 0 Å². The number of hydrogen-bond acceptors (Lipinski definition) is 2. The summed E-state index contributed by atoms with van der Waals surface area (Å²) in [6.07, 6.45) is 2.92. The van der Waals surface area contributed by atoms with Crippen molar-refractivity contribution in [2.24, 2.45) is 17.1 Å². The summed E-state index contributed by atoms with van der Waals surface area (Å²) in [5, 5.41) is 0. The number of nitrogens with zero attached hydrogens (tertiary/aromatic N) is 1. The molecule has 1 aliphatic heterocycles. The zero-order valence-electron chi connectivity index (χ0n) is 9.14. The lowest BCUT2D eigenvalue weighted by Crippen LogP contribution is -2.64. The Labute approximate surface area is 81.5 Å². The van der Waals surface area contributed by atoms with E-state index >= 15 is 0 Å². The molecule has 2 rings (SSSR count). The van der Waals surface area contributed by atoms with Gasteiger partial charge in [-0.05, 0) is 31.1 Å². The molecule has 2 heteroatoms. The first-order chi connectivity index (χ1) is 6.02. The van der Waals surface area contributed by atoms with Crippen LogP contribution in [0, 0.1) is 11.3 Å². The smallest absolute Gasteiger partial charge is 0.0326 e. The molecule has 0 bridgehead atoms. The Balaban J connectivity index is 1.97. The SMILES string of the molecule is CC(C)C(C)(CN)N1CC2(CC2)C1. The lowest BCUT2D eigenvalue weighted by atomic mass is 9.80. The molecular formula is C11H22N2. The van der Waals surface area contributed by atoms with Gasteiger partial charge in [-0.25, -0.2) is 0 Å². The van der Waals surface area contributed by atoms with Crippen molar-refractivity contribution in [1.29, 1.82) is 0 Å². The van der Waals surface area contributed by atoms with E-state index in [4.69, 9.17) is 5.73 Å². The van der Waals surface area contributed by atoms with E-state index in [1.54, 1.807) is 0 Å². The van der Waals surface area contributed by atoms with Crippen LogP contribution >= 0.6 is 0 Å². The average molecular weight is 182 g/mol. The van der Waals surface area contributed by atoms with Gasteiger partial charge < -0.3 is 5.73 Å².